The highest BCUT2D eigenvalue weighted by Crippen LogP contribution is 2.20. The second-order valence-electron chi connectivity index (χ2n) is 16.0. The summed E-state index contributed by atoms with van der Waals surface area (Å²) in [4.78, 5) is 25.4. The first-order valence-electron chi connectivity index (χ1n) is 21.0. The molecule has 2 atom stereocenters. The van der Waals surface area contributed by atoms with Gasteiger partial charge in [0.15, 0.2) is 0 Å². The molecule has 2 N–H and O–H groups in total. The first-order valence-corrected chi connectivity index (χ1v) is 21.0. The number of rotatable bonds is 32. The molecule has 4 nitrogen and oxygen atoms in total. The number of hydrogen-bond donors (Lipinski definition) is 2. The van der Waals surface area contributed by atoms with Gasteiger partial charge in [-0.25, -0.2) is 0 Å². The maximum absolute atomic E-state index is 12.7. The highest BCUT2D eigenvalue weighted by Gasteiger charge is 2.27. The highest BCUT2D eigenvalue weighted by molar-refractivity contribution is 5.77. The second-order valence-corrected chi connectivity index (χ2v) is 16.0. The van der Waals surface area contributed by atoms with Gasteiger partial charge in [-0.05, 0) is 37.5 Å². The Morgan fingerprint density at radius 3 is 0.913 bits per heavy atom. The summed E-state index contributed by atoms with van der Waals surface area (Å²) in [5, 5.41) is 6.58. The second kappa shape index (κ2) is 31.2. The van der Waals surface area contributed by atoms with Crippen molar-refractivity contribution in [2.75, 3.05) is 0 Å². The SMILES string of the molecule is CC(C)CCCCCCCCCCCCCCC(=O)NC1CCCCC1NC(=O)CCCCCCCCCCCCCCC(C)C. The summed E-state index contributed by atoms with van der Waals surface area (Å²) in [5.74, 6) is 2.08. The fourth-order valence-electron chi connectivity index (χ4n) is 7.25. The lowest BCUT2D eigenvalue weighted by atomic mass is 9.90. The number of carbonyl (C=O) groups excluding carboxylic acids is 2. The van der Waals surface area contributed by atoms with Crippen molar-refractivity contribution in [3.63, 3.8) is 0 Å². The largest absolute Gasteiger partial charge is 0.351 e. The van der Waals surface area contributed by atoms with Gasteiger partial charge in [-0.15, -0.1) is 0 Å². The lowest BCUT2D eigenvalue weighted by molar-refractivity contribution is -0.125. The van der Waals surface area contributed by atoms with E-state index in [-0.39, 0.29) is 23.9 Å². The van der Waals surface area contributed by atoms with Gasteiger partial charge in [-0.2, -0.15) is 0 Å². The predicted molar refractivity (Wildman–Crippen MR) is 201 cm³/mol. The van der Waals surface area contributed by atoms with Gasteiger partial charge in [0.25, 0.3) is 0 Å². The van der Waals surface area contributed by atoms with E-state index in [2.05, 4.69) is 38.3 Å². The van der Waals surface area contributed by atoms with Gasteiger partial charge in [-0.1, -0.05) is 195 Å². The summed E-state index contributed by atoms with van der Waals surface area (Å²) in [5.41, 5.74) is 0. The molecule has 0 aromatic rings. The topological polar surface area (TPSA) is 58.2 Å². The van der Waals surface area contributed by atoms with Gasteiger partial charge >= 0.3 is 0 Å². The van der Waals surface area contributed by atoms with E-state index in [1.165, 1.54) is 141 Å². The van der Waals surface area contributed by atoms with Crippen molar-refractivity contribution in [2.45, 2.75) is 245 Å². The Hall–Kier alpha value is -1.06. The molecule has 0 aromatic heterocycles. The van der Waals surface area contributed by atoms with Crippen molar-refractivity contribution in [2.24, 2.45) is 11.8 Å². The van der Waals surface area contributed by atoms with Crippen molar-refractivity contribution < 1.29 is 9.59 Å². The van der Waals surface area contributed by atoms with E-state index in [1.54, 1.807) is 0 Å². The van der Waals surface area contributed by atoms with Crippen molar-refractivity contribution in [1.82, 2.24) is 10.6 Å². The molecule has 0 saturated heterocycles. The van der Waals surface area contributed by atoms with Crippen LogP contribution in [-0.2, 0) is 9.59 Å². The van der Waals surface area contributed by atoms with Crippen LogP contribution in [0.25, 0.3) is 0 Å². The van der Waals surface area contributed by atoms with E-state index in [0.717, 1.165) is 63.2 Å². The molecule has 2 amide bonds. The van der Waals surface area contributed by atoms with Crippen molar-refractivity contribution in [1.29, 1.82) is 0 Å². The Morgan fingerprint density at radius 2 is 0.652 bits per heavy atom. The first-order chi connectivity index (χ1) is 22.4. The molecule has 2 unspecified atom stereocenters. The molecule has 0 heterocycles. The van der Waals surface area contributed by atoms with Crippen LogP contribution in [0.1, 0.15) is 233 Å². The Balaban J connectivity index is 1.97. The summed E-state index contributed by atoms with van der Waals surface area (Å²) in [6.45, 7) is 9.30. The van der Waals surface area contributed by atoms with Crippen LogP contribution < -0.4 is 10.6 Å². The van der Waals surface area contributed by atoms with Gasteiger partial charge in [0.2, 0.25) is 11.8 Å². The first kappa shape index (κ1) is 43.0. The van der Waals surface area contributed by atoms with Gasteiger partial charge in [0.1, 0.15) is 0 Å². The van der Waals surface area contributed by atoms with Crippen LogP contribution in [0.3, 0.4) is 0 Å². The lowest BCUT2D eigenvalue weighted by Crippen LogP contribution is -2.53. The fourth-order valence-corrected chi connectivity index (χ4v) is 7.25. The standard InChI is InChI=1S/C42H82N2O2/c1-37(2)31-25-21-17-13-9-5-7-11-15-19-23-27-35-41(45)43-39-33-29-30-34-40(39)44-42(46)36-28-24-20-16-12-8-6-10-14-18-22-26-32-38(3)4/h37-40H,5-36H2,1-4H3,(H,43,45)(H,44,46). The molecule has 1 rings (SSSR count). The van der Waals surface area contributed by atoms with Gasteiger partial charge in [-0.3, -0.25) is 9.59 Å². The highest BCUT2D eigenvalue weighted by atomic mass is 16.2. The fraction of sp³-hybridized carbons (Fsp3) is 0.952. The van der Waals surface area contributed by atoms with Crippen LogP contribution in [0.15, 0.2) is 0 Å². The van der Waals surface area contributed by atoms with Crippen LogP contribution >= 0.6 is 0 Å². The zero-order chi connectivity index (χ0) is 33.5. The van der Waals surface area contributed by atoms with E-state index < -0.39 is 0 Å². The third-order valence-electron chi connectivity index (χ3n) is 10.3. The van der Waals surface area contributed by atoms with Crippen LogP contribution in [0.4, 0.5) is 0 Å². The number of carbonyl (C=O) groups is 2. The molecular formula is C42H82N2O2. The van der Waals surface area contributed by atoms with E-state index >= 15 is 0 Å². The minimum absolute atomic E-state index is 0.112. The molecule has 1 fully saturated rings. The van der Waals surface area contributed by atoms with E-state index in [1.807, 2.05) is 0 Å². The van der Waals surface area contributed by atoms with Gasteiger partial charge in [0, 0.05) is 24.9 Å². The summed E-state index contributed by atoms with van der Waals surface area (Å²) in [6, 6.07) is 0.223. The minimum Gasteiger partial charge on any atom is -0.351 e. The molecule has 0 aliphatic heterocycles. The number of nitrogens with one attached hydrogen (secondary N) is 2. The smallest absolute Gasteiger partial charge is 0.220 e. The molecule has 0 bridgehead atoms. The van der Waals surface area contributed by atoms with E-state index in [4.69, 9.17) is 0 Å². The molecule has 46 heavy (non-hydrogen) atoms. The minimum atomic E-state index is 0.112. The summed E-state index contributed by atoms with van der Waals surface area (Å²) < 4.78 is 0. The third-order valence-corrected chi connectivity index (χ3v) is 10.3. The molecule has 1 aliphatic rings. The maximum atomic E-state index is 12.7. The molecule has 1 aliphatic carbocycles. The Kier molecular flexibility index (Phi) is 29.2. The van der Waals surface area contributed by atoms with Crippen LogP contribution in [-0.4, -0.2) is 23.9 Å². The Labute approximate surface area is 288 Å². The number of hydrogen-bond acceptors (Lipinski definition) is 2. The lowest BCUT2D eigenvalue weighted by Gasteiger charge is -2.33. The van der Waals surface area contributed by atoms with Crippen LogP contribution in [0, 0.1) is 11.8 Å². The van der Waals surface area contributed by atoms with Gasteiger partial charge < -0.3 is 10.6 Å². The number of amides is 2. The van der Waals surface area contributed by atoms with Crippen LogP contribution in [0.2, 0.25) is 0 Å². The monoisotopic (exact) mass is 647 g/mol. The average Bonchev–Trinajstić information content (AvgIpc) is 3.02. The van der Waals surface area contributed by atoms with Crippen molar-refractivity contribution in [3.05, 3.63) is 0 Å². The Bertz CT molecular complexity index is 633. The number of unbranched alkanes of at least 4 members (excludes halogenated alkanes) is 22. The molecule has 1 saturated carbocycles. The Morgan fingerprint density at radius 1 is 0.413 bits per heavy atom. The van der Waals surface area contributed by atoms with Crippen LogP contribution in [0.5, 0.6) is 0 Å². The van der Waals surface area contributed by atoms with E-state index in [0.29, 0.717) is 12.8 Å². The summed E-state index contributed by atoms with van der Waals surface area (Å²) in [6.07, 6.45) is 40.1. The molecule has 0 aromatic carbocycles. The summed E-state index contributed by atoms with van der Waals surface area (Å²) >= 11 is 0. The van der Waals surface area contributed by atoms with Crippen molar-refractivity contribution >= 4 is 11.8 Å². The molecule has 0 radical (unpaired) electrons. The van der Waals surface area contributed by atoms with E-state index in [9.17, 15) is 9.59 Å². The predicted octanol–water partition coefficient (Wildman–Crippen LogP) is 12.8. The molecule has 272 valence electrons. The zero-order valence-electron chi connectivity index (χ0n) is 31.8. The average molecular weight is 647 g/mol. The molecule has 4 heteroatoms. The summed E-state index contributed by atoms with van der Waals surface area (Å²) in [7, 11) is 0. The molecule has 0 spiro atoms. The zero-order valence-corrected chi connectivity index (χ0v) is 31.8. The molecular weight excluding hydrogens is 564 g/mol. The maximum Gasteiger partial charge on any atom is 0.220 e. The quantitative estimate of drug-likeness (QED) is 0.0714. The van der Waals surface area contributed by atoms with Gasteiger partial charge in [0.05, 0.1) is 0 Å². The normalized spacial score (nSPS) is 16.7. The third kappa shape index (κ3) is 28.0. The van der Waals surface area contributed by atoms with Crippen molar-refractivity contribution in [3.8, 4) is 0 Å².